The van der Waals surface area contributed by atoms with Crippen LogP contribution in [0.5, 0.6) is 0 Å². The van der Waals surface area contributed by atoms with Crippen LogP contribution in [0.15, 0.2) is 47.7 Å². The Morgan fingerprint density at radius 2 is 2.05 bits per heavy atom. The van der Waals surface area contributed by atoms with E-state index in [1.807, 2.05) is 30.8 Å². The number of aromatic nitrogens is 2. The van der Waals surface area contributed by atoms with Crippen molar-refractivity contribution in [3.8, 4) is 5.69 Å². The fourth-order valence-corrected chi connectivity index (χ4v) is 1.88. The average molecular weight is 399 g/mol. The van der Waals surface area contributed by atoms with Crippen LogP contribution in [0.4, 0.5) is 0 Å². The molecule has 0 bridgehead atoms. The van der Waals surface area contributed by atoms with Crippen LogP contribution in [0.2, 0.25) is 0 Å². The lowest BCUT2D eigenvalue weighted by Gasteiger charge is -2.08. The third kappa shape index (κ3) is 5.74. The molecule has 21 heavy (non-hydrogen) atoms. The molecule has 0 fully saturated rings. The van der Waals surface area contributed by atoms with E-state index in [2.05, 4.69) is 39.7 Å². The molecule has 3 N–H and O–H groups in total. The zero-order valence-corrected chi connectivity index (χ0v) is 14.7. The Kier molecular flexibility index (Phi) is 7.21. The zero-order chi connectivity index (χ0) is 14.4. The quantitative estimate of drug-likeness (QED) is 0.461. The first-order valence-electron chi connectivity index (χ1n) is 6.80. The molecule has 0 aliphatic carbocycles. The van der Waals surface area contributed by atoms with Gasteiger partial charge in [0.2, 0.25) is 0 Å². The van der Waals surface area contributed by atoms with Gasteiger partial charge in [0.15, 0.2) is 5.96 Å². The van der Waals surface area contributed by atoms with Crippen LogP contribution in [-0.2, 0) is 6.42 Å². The molecule has 0 unspecified atom stereocenters. The molecule has 0 saturated heterocycles. The Hall–Kier alpha value is -1.57. The summed E-state index contributed by atoms with van der Waals surface area (Å²) < 4.78 is 1.84. The van der Waals surface area contributed by atoms with E-state index >= 15 is 0 Å². The Bertz CT molecular complexity index is 546. The summed E-state index contributed by atoms with van der Waals surface area (Å²) in [5.74, 6) is 0.508. The van der Waals surface area contributed by atoms with Crippen molar-refractivity contribution in [2.24, 2.45) is 10.7 Å². The molecule has 0 aliphatic rings. The first kappa shape index (κ1) is 17.5. The summed E-state index contributed by atoms with van der Waals surface area (Å²) >= 11 is 0. The minimum Gasteiger partial charge on any atom is -0.370 e. The van der Waals surface area contributed by atoms with Gasteiger partial charge in [-0.05, 0) is 44.0 Å². The maximum Gasteiger partial charge on any atom is 0.188 e. The van der Waals surface area contributed by atoms with Crippen molar-refractivity contribution in [2.75, 3.05) is 6.54 Å². The van der Waals surface area contributed by atoms with Crippen molar-refractivity contribution >= 4 is 29.9 Å². The summed E-state index contributed by atoms with van der Waals surface area (Å²) in [6.07, 6.45) is 4.57. The van der Waals surface area contributed by atoms with E-state index in [1.165, 1.54) is 5.56 Å². The first-order valence-corrected chi connectivity index (χ1v) is 6.80. The summed E-state index contributed by atoms with van der Waals surface area (Å²) in [7, 11) is 0. The van der Waals surface area contributed by atoms with Gasteiger partial charge in [0, 0.05) is 25.0 Å². The number of hydrogen-bond donors (Lipinski definition) is 2. The molecule has 1 aromatic heterocycles. The first-order chi connectivity index (χ1) is 9.65. The highest BCUT2D eigenvalue weighted by molar-refractivity contribution is 14.0. The Balaban J connectivity index is 0.00000220. The number of benzene rings is 1. The van der Waals surface area contributed by atoms with E-state index in [1.54, 1.807) is 6.20 Å². The number of guanidine groups is 1. The van der Waals surface area contributed by atoms with Gasteiger partial charge in [0.1, 0.15) is 0 Å². The topological polar surface area (TPSA) is 68.2 Å². The summed E-state index contributed by atoms with van der Waals surface area (Å²) in [4.78, 5) is 4.30. The zero-order valence-electron chi connectivity index (χ0n) is 12.4. The molecule has 1 aromatic carbocycles. The molecule has 0 amide bonds. The van der Waals surface area contributed by atoms with Crippen molar-refractivity contribution in [2.45, 2.75) is 26.3 Å². The molecule has 0 atom stereocenters. The van der Waals surface area contributed by atoms with Gasteiger partial charge in [-0.15, -0.1) is 24.0 Å². The smallest absolute Gasteiger partial charge is 0.188 e. The maximum atomic E-state index is 5.75. The lowest BCUT2D eigenvalue weighted by molar-refractivity contribution is 0.723. The Morgan fingerprint density at radius 3 is 2.62 bits per heavy atom. The van der Waals surface area contributed by atoms with Gasteiger partial charge in [-0.1, -0.05) is 12.1 Å². The number of hydrogen-bond acceptors (Lipinski definition) is 2. The van der Waals surface area contributed by atoms with E-state index in [9.17, 15) is 0 Å². The lowest BCUT2D eigenvalue weighted by atomic mass is 10.1. The van der Waals surface area contributed by atoms with Gasteiger partial charge >= 0.3 is 0 Å². The molecule has 0 aliphatic heterocycles. The lowest BCUT2D eigenvalue weighted by Crippen LogP contribution is -2.36. The number of nitrogens with one attached hydrogen (secondary N) is 1. The summed E-state index contributed by atoms with van der Waals surface area (Å²) in [5, 5.41) is 7.27. The van der Waals surface area contributed by atoms with Crippen LogP contribution in [0.1, 0.15) is 19.4 Å². The Labute approximate surface area is 142 Å². The standard InChI is InChI=1S/C15H21N5.HI/c1-12(2)19-15(16)17-10-8-13-4-6-14(7-5-13)20-11-3-9-18-20;/h3-7,9,11-12H,8,10H2,1-2H3,(H3,16,17,19);1H. The van der Waals surface area contributed by atoms with Crippen molar-refractivity contribution in [3.05, 3.63) is 48.3 Å². The molecule has 1 heterocycles. The molecular formula is C15H22IN5. The number of nitrogens with zero attached hydrogens (tertiary/aromatic N) is 3. The third-order valence-electron chi connectivity index (χ3n) is 2.82. The second-order valence-electron chi connectivity index (χ2n) is 4.93. The molecule has 2 aromatic rings. The van der Waals surface area contributed by atoms with Gasteiger partial charge in [-0.2, -0.15) is 5.10 Å². The van der Waals surface area contributed by atoms with Crippen LogP contribution >= 0.6 is 24.0 Å². The minimum atomic E-state index is 0. The molecule has 0 saturated carbocycles. The van der Waals surface area contributed by atoms with Crippen molar-refractivity contribution in [1.82, 2.24) is 15.1 Å². The van der Waals surface area contributed by atoms with Crippen molar-refractivity contribution < 1.29 is 0 Å². The molecule has 0 spiro atoms. The largest absolute Gasteiger partial charge is 0.370 e. The fraction of sp³-hybridized carbons (Fsp3) is 0.333. The van der Waals surface area contributed by atoms with Crippen LogP contribution < -0.4 is 11.1 Å². The predicted molar refractivity (Wildman–Crippen MR) is 97.4 cm³/mol. The minimum absolute atomic E-state index is 0. The fourth-order valence-electron chi connectivity index (χ4n) is 1.88. The van der Waals surface area contributed by atoms with Crippen molar-refractivity contribution in [1.29, 1.82) is 0 Å². The molecule has 114 valence electrons. The number of aliphatic imine (C=N–C) groups is 1. The van der Waals surface area contributed by atoms with E-state index < -0.39 is 0 Å². The van der Waals surface area contributed by atoms with Crippen molar-refractivity contribution in [3.63, 3.8) is 0 Å². The molecule has 5 nitrogen and oxygen atoms in total. The molecule has 2 rings (SSSR count). The van der Waals surface area contributed by atoms with Gasteiger partial charge < -0.3 is 11.1 Å². The van der Waals surface area contributed by atoms with Gasteiger partial charge in [0.25, 0.3) is 0 Å². The normalized spacial score (nSPS) is 11.3. The SMILES string of the molecule is CC(C)NC(N)=NCCc1ccc(-n2cccn2)cc1.I. The summed E-state index contributed by atoms with van der Waals surface area (Å²) in [6, 6.07) is 10.5. The maximum absolute atomic E-state index is 5.75. The van der Waals surface area contributed by atoms with Crippen LogP contribution in [0, 0.1) is 0 Å². The second kappa shape index (κ2) is 8.66. The van der Waals surface area contributed by atoms with Gasteiger partial charge in [-0.3, -0.25) is 4.99 Å². The van der Waals surface area contributed by atoms with E-state index in [4.69, 9.17) is 5.73 Å². The molecule has 0 radical (unpaired) electrons. The highest BCUT2D eigenvalue weighted by Crippen LogP contribution is 2.09. The average Bonchev–Trinajstić information content (AvgIpc) is 2.92. The number of rotatable bonds is 5. The van der Waals surface area contributed by atoms with Crippen LogP contribution in [0.25, 0.3) is 5.69 Å². The highest BCUT2D eigenvalue weighted by Gasteiger charge is 1.98. The second-order valence-corrected chi connectivity index (χ2v) is 4.93. The summed E-state index contributed by atoms with van der Waals surface area (Å²) in [6.45, 7) is 4.76. The summed E-state index contributed by atoms with van der Waals surface area (Å²) in [5.41, 5.74) is 8.05. The Morgan fingerprint density at radius 1 is 1.33 bits per heavy atom. The monoisotopic (exact) mass is 399 g/mol. The highest BCUT2D eigenvalue weighted by atomic mass is 127. The number of halogens is 1. The van der Waals surface area contributed by atoms with Crippen LogP contribution in [-0.4, -0.2) is 28.3 Å². The predicted octanol–water partition coefficient (Wildman–Crippen LogP) is 2.35. The molecular weight excluding hydrogens is 377 g/mol. The van der Waals surface area contributed by atoms with Gasteiger partial charge in [0.05, 0.1) is 5.69 Å². The van der Waals surface area contributed by atoms with Gasteiger partial charge in [-0.25, -0.2) is 4.68 Å². The number of nitrogens with two attached hydrogens (primary N) is 1. The van der Waals surface area contributed by atoms with E-state index in [0.717, 1.165) is 12.1 Å². The van der Waals surface area contributed by atoms with E-state index in [0.29, 0.717) is 18.5 Å². The molecule has 6 heteroatoms. The third-order valence-corrected chi connectivity index (χ3v) is 2.82. The van der Waals surface area contributed by atoms with Crippen LogP contribution in [0.3, 0.4) is 0 Å². The van der Waals surface area contributed by atoms with E-state index in [-0.39, 0.29) is 24.0 Å².